The van der Waals surface area contributed by atoms with Crippen LogP contribution in [-0.2, 0) is 4.74 Å². The highest BCUT2D eigenvalue weighted by Gasteiger charge is 2.34. The Kier molecular flexibility index (Phi) is 3.89. The molecule has 14 heavy (non-hydrogen) atoms. The highest BCUT2D eigenvalue weighted by atomic mass is 16.5. The Balaban J connectivity index is 2.60. The molecule has 1 aliphatic heterocycles. The Morgan fingerprint density at radius 1 is 1.50 bits per heavy atom. The maximum atomic E-state index is 5.74. The number of hydrogen-bond acceptors (Lipinski definition) is 4. The summed E-state index contributed by atoms with van der Waals surface area (Å²) in [6.07, 6.45) is 0.193. The van der Waals surface area contributed by atoms with E-state index in [2.05, 4.69) is 38.1 Å². The van der Waals surface area contributed by atoms with Crippen LogP contribution in [0.15, 0.2) is 0 Å². The van der Waals surface area contributed by atoms with Crippen LogP contribution in [0.5, 0.6) is 0 Å². The van der Waals surface area contributed by atoms with E-state index in [1.165, 1.54) is 0 Å². The van der Waals surface area contributed by atoms with Crippen molar-refractivity contribution in [1.82, 2.24) is 10.3 Å². The van der Waals surface area contributed by atoms with Crippen LogP contribution in [0.4, 0.5) is 0 Å². The normalized spacial score (nSPS) is 27.6. The van der Waals surface area contributed by atoms with Gasteiger partial charge < -0.3 is 9.64 Å². The number of nitrogens with one attached hydrogen (secondary N) is 1. The van der Waals surface area contributed by atoms with Gasteiger partial charge in [-0.3, -0.25) is 11.3 Å². The molecule has 0 aliphatic carbocycles. The minimum absolute atomic E-state index is 0.123. The van der Waals surface area contributed by atoms with Gasteiger partial charge in [0.1, 0.15) is 0 Å². The van der Waals surface area contributed by atoms with Crippen LogP contribution in [0.25, 0.3) is 0 Å². The standard InChI is InChI=1S/C10H23N3O/c1-10(2,3)9(12-11)8-7-13(4)5-6-14-8/h8-9,12H,5-7,11H2,1-4H3. The molecule has 0 saturated carbocycles. The van der Waals surface area contributed by atoms with Crippen molar-refractivity contribution in [3.63, 3.8) is 0 Å². The summed E-state index contributed by atoms with van der Waals surface area (Å²) in [6.45, 7) is 9.29. The molecule has 2 unspecified atom stereocenters. The van der Waals surface area contributed by atoms with E-state index in [1.807, 2.05) is 0 Å². The Morgan fingerprint density at radius 3 is 2.57 bits per heavy atom. The fourth-order valence-corrected chi connectivity index (χ4v) is 1.93. The molecule has 1 aliphatic rings. The van der Waals surface area contributed by atoms with Crippen molar-refractivity contribution >= 4 is 0 Å². The van der Waals surface area contributed by atoms with Gasteiger partial charge in [0, 0.05) is 13.1 Å². The van der Waals surface area contributed by atoms with E-state index in [0.29, 0.717) is 0 Å². The summed E-state index contributed by atoms with van der Waals surface area (Å²) in [4.78, 5) is 2.28. The lowest BCUT2D eigenvalue weighted by Crippen LogP contribution is -2.58. The van der Waals surface area contributed by atoms with Crippen molar-refractivity contribution in [1.29, 1.82) is 0 Å². The largest absolute Gasteiger partial charge is 0.374 e. The summed E-state index contributed by atoms with van der Waals surface area (Å²) in [5, 5.41) is 0. The maximum absolute atomic E-state index is 5.74. The van der Waals surface area contributed by atoms with Gasteiger partial charge >= 0.3 is 0 Å². The molecule has 2 atom stereocenters. The smallest absolute Gasteiger partial charge is 0.0873 e. The third kappa shape index (κ3) is 2.92. The van der Waals surface area contributed by atoms with E-state index in [4.69, 9.17) is 10.6 Å². The van der Waals surface area contributed by atoms with Crippen molar-refractivity contribution < 1.29 is 4.74 Å². The number of ether oxygens (including phenoxy) is 1. The molecule has 3 N–H and O–H groups in total. The molecule has 0 spiro atoms. The lowest BCUT2D eigenvalue weighted by Gasteiger charge is -2.40. The first-order valence-electron chi connectivity index (χ1n) is 5.21. The van der Waals surface area contributed by atoms with E-state index >= 15 is 0 Å². The Hall–Kier alpha value is -0.160. The van der Waals surface area contributed by atoms with Gasteiger partial charge in [0.25, 0.3) is 0 Å². The summed E-state index contributed by atoms with van der Waals surface area (Å²) in [6, 6.07) is 0.199. The topological polar surface area (TPSA) is 50.5 Å². The van der Waals surface area contributed by atoms with Crippen molar-refractivity contribution in [2.24, 2.45) is 11.3 Å². The minimum Gasteiger partial charge on any atom is -0.374 e. The number of likely N-dealkylation sites (N-methyl/N-ethyl adjacent to an activating group) is 1. The van der Waals surface area contributed by atoms with E-state index in [9.17, 15) is 0 Å². The van der Waals surface area contributed by atoms with Crippen LogP contribution in [0.1, 0.15) is 20.8 Å². The Labute approximate surface area is 86.8 Å². The van der Waals surface area contributed by atoms with Crippen LogP contribution in [0.3, 0.4) is 0 Å². The Morgan fingerprint density at radius 2 is 2.14 bits per heavy atom. The number of hydrogen-bond donors (Lipinski definition) is 2. The fraction of sp³-hybridized carbons (Fsp3) is 1.00. The predicted octanol–water partition coefficient (Wildman–Crippen LogP) is 0.195. The highest BCUT2D eigenvalue weighted by molar-refractivity contribution is 4.89. The quantitative estimate of drug-likeness (QED) is 0.495. The lowest BCUT2D eigenvalue weighted by atomic mass is 9.83. The molecule has 4 nitrogen and oxygen atoms in total. The molecule has 1 heterocycles. The van der Waals surface area contributed by atoms with Crippen molar-refractivity contribution in [2.75, 3.05) is 26.7 Å². The summed E-state index contributed by atoms with van der Waals surface area (Å²) in [5.41, 5.74) is 3.00. The molecular weight excluding hydrogens is 178 g/mol. The average Bonchev–Trinajstić information content (AvgIpc) is 2.02. The van der Waals surface area contributed by atoms with Crippen LogP contribution in [0.2, 0.25) is 0 Å². The molecule has 0 aromatic rings. The third-order valence-corrected chi connectivity index (χ3v) is 2.78. The first-order chi connectivity index (χ1) is 6.45. The van der Waals surface area contributed by atoms with Crippen LogP contribution in [0, 0.1) is 5.41 Å². The van der Waals surface area contributed by atoms with Gasteiger partial charge in [-0.05, 0) is 12.5 Å². The van der Waals surface area contributed by atoms with Crippen LogP contribution >= 0.6 is 0 Å². The molecule has 0 aromatic heterocycles. The minimum atomic E-state index is 0.123. The van der Waals surface area contributed by atoms with Crippen LogP contribution in [-0.4, -0.2) is 43.8 Å². The second-order valence-electron chi connectivity index (χ2n) is 5.18. The van der Waals surface area contributed by atoms with E-state index in [1.54, 1.807) is 0 Å². The van der Waals surface area contributed by atoms with Gasteiger partial charge in [-0.1, -0.05) is 20.8 Å². The number of morpholine rings is 1. The van der Waals surface area contributed by atoms with Gasteiger partial charge in [-0.2, -0.15) is 0 Å². The number of hydrazine groups is 1. The van der Waals surface area contributed by atoms with Crippen molar-refractivity contribution in [2.45, 2.75) is 32.9 Å². The van der Waals surface area contributed by atoms with Crippen LogP contribution < -0.4 is 11.3 Å². The maximum Gasteiger partial charge on any atom is 0.0873 e. The van der Waals surface area contributed by atoms with Gasteiger partial charge in [0.15, 0.2) is 0 Å². The summed E-state index contributed by atoms with van der Waals surface area (Å²) < 4.78 is 5.74. The monoisotopic (exact) mass is 201 g/mol. The van der Waals surface area contributed by atoms with Gasteiger partial charge in [-0.15, -0.1) is 0 Å². The molecule has 0 bridgehead atoms. The number of rotatable bonds is 2. The molecule has 84 valence electrons. The molecule has 1 saturated heterocycles. The summed E-state index contributed by atoms with van der Waals surface area (Å²) >= 11 is 0. The van der Waals surface area contributed by atoms with Gasteiger partial charge in [0.05, 0.1) is 18.8 Å². The zero-order valence-corrected chi connectivity index (χ0v) is 9.71. The molecule has 1 rings (SSSR count). The van der Waals surface area contributed by atoms with E-state index in [-0.39, 0.29) is 17.6 Å². The van der Waals surface area contributed by atoms with Gasteiger partial charge in [0.2, 0.25) is 0 Å². The molecule has 0 amide bonds. The summed E-state index contributed by atoms with van der Waals surface area (Å²) in [5.74, 6) is 5.59. The zero-order chi connectivity index (χ0) is 10.8. The summed E-state index contributed by atoms with van der Waals surface area (Å²) in [7, 11) is 2.12. The Bertz CT molecular complexity index is 179. The highest BCUT2D eigenvalue weighted by Crippen LogP contribution is 2.24. The van der Waals surface area contributed by atoms with Crippen molar-refractivity contribution in [3.05, 3.63) is 0 Å². The average molecular weight is 201 g/mol. The fourth-order valence-electron chi connectivity index (χ4n) is 1.93. The zero-order valence-electron chi connectivity index (χ0n) is 9.71. The van der Waals surface area contributed by atoms with E-state index in [0.717, 1.165) is 19.7 Å². The van der Waals surface area contributed by atoms with E-state index < -0.39 is 0 Å². The number of nitrogens with zero attached hydrogens (tertiary/aromatic N) is 1. The molecule has 1 fully saturated rings. The number of nitrogens with two attached hydrogens (primary N) is 1. The second kappa shape index (κ2) is 4.57. The lowest BCUT2D eigenvalue weighted by molar-refractivity contribution is -0.0586. The third-order valence-electron chi connectivity index (χ3n) is 2.78. The van der Waals surface area contributed by atoms with Gasteiger partial charge in [-0.25, -0.2) is 0 Å². The molecule has 4 heteroatoms. The van der Waals surface area contributed by atoms with Crippen molar-refractivity contribution in [3.8, 4) is 0 Å². The molecule has 0 radical (unpaired) electrons. The first kappa shape index (κ1) is 11.9. The first-order valence-corrected chi connectivity index (χ1v) is 5.21. The molecular formula is C10H23N3O. The SMILES string of the molecule is CN1CCOC(C(NN)C(C)(C)C)C1. The second-order valence-corrected chi connectivity index (χ2v) is 5.18. The predicted molar refractivity (Wildman–Crippen MR) is 57.8 cm³/mol. The molecule has 0 aromatic carbocycles.